The summed E-state index contributed by atoms with van der Waals surface area (Å²) < 4.78 is 10.9. The number of non-ortho nitro benzene ring substituents is 1. The zero-order chi connectivity index (χ0) is 16.3. The average Bonchev–Trinajstić information content (AvgIpc) is 2.46. The molecule has 0 aromatic heterocycles. The smallest absolute Gasteiger partial charge is 0.273 e. The van der Waals surface area contributed by atoms with E-state index in [-0.39, 0.29) is 17.9 Å². The third kappa shape index (κ3) is 3.83. The number of nitro groups is 1. The number of nitrogens with zero attached hydrogens (tertiary/aromatic N) is 2. The van der Waals surface area contributed by atoms with E-state index < -0.39 is 4.92 Å². The van der Waals surface area contributed by atoms with E-state index in [1.54, 1.807) is 6.07 Å². The van der Waals surface area contributed by atoms with E-state index in [1.807, 2.05) is 18.7 Å². The molecule has 0 aliphatic carbocycles. The summed E-state index contributed by atoms with van der Waals surface area (Å²) in [6, 6.07) is 4.38. The maximum absolute atomic E-state index is 10.8. The second kappa shape index (κ2) is 6.89. The topological polar surface area (TPSA) is 76.9 Å². The molecule has 1 aliphatic rings. The average molecular weight is 325 g/mol. The van der Waals surface area contributed by atoms with Crippen molar-refractivity contribution in [3.8, 4) is 5.75 Å². The van der Waals surface area contributed by atoms with Crippen LogP contribution in [0.2, 0.25) is 0 Å². The number of nitrogens with one attached hydrogen (secondary N) is 1. The number of anilines is 1. The Balaban J connectivity index is 2.12. The van der Waals surface area contributed by atoms with Crippen molar-refractivity contribution in [2.75, 3.05) is 25.5 Å². The van der Waals surface area contributed by atoms with Crippen LogP contribution < -0.4 is 10.1 Å². The molecule has 1 fully saturated rings. The standard InChI is InChI=1S/C14H19N3O4S/c1-9-7-16(8-10(2)21-9)14(22)15-12-5-4-11(17(18)19)6-13(12)20-3/h4-6,9-10H,7-8H2,1-3H3,(H,15,22)/t9-,10-/m1/s1. The molecular weight excluding hydrogens is 306 g/mol. The molecule has 120 valence electrons. The molecule has 2 rings (SSSR count). The molecule has 0 radical (unpaired) electrons. The van der Waals surface area contributed by atoms with Crippen molar-refractivity contribution in [2.45, 2.75) is 26.1 Å². The normalized spacial score (nSPS) is 21.3. The molecule has 1 heterocycles. The first-order valence-electron chi connectivity index (χ1n) is 6.94. The SMILES string of the molecule is COc1cc([N+](=O)[O-])ccc1NC(=S)N1C[C@@H](C)O[C@H](C)C1. The molecule has 0 saturated carbocycles. The lowest BCUT2D eigenvalue weighted by atomic mass is 10.2. The summed E-state index contributed by atoms with van der Waals surface area (Å²) in [5.74, 6) is 0.380. The quantitative estimate of drug-likeness (QED) is 0.519. The maximum atomic E-state index is 10.8. The number of benzene rings is 1. The van der Waals surface area contributed by atoms with Crippen LogP contribution in [0.5, 0.6) is 5.75 Å². The van der Waals surface area contributed by atoms with Gasteiger partial charge in [-0.1, -0.05) is 0 Å². The Bertz CT molecular complexity index is 571. The highest BCUT2D eigenvalue weighted by atomic mass is 32.1. The van der Waals surface area contributed by atoms with E-state index in [1.165, 1.54) is 19.2 Å². The summed E-state index contributed by atoms with van der Waals surface area (Å²) in [6.07, 6.45) is 0.199. The number of methoxy groups -OCH3 is 1. The Kier molecular flexibility index (Phi) is 5.15. The summed E-state index contributed by atoms with van der Waals surface area (Å²) in [5.41, 5.74) is 0.576. The van der Waals surface area contributed by atoms with E-state index in [4.69, 9.17) is 21.7 Å². The first-order valence-corrected chi connectivity index (χ1v) is 7.35. The molecule has 1 aromatic carbocycles. The second-order valence-corrected chi connectivity index (χ2v) is 5.62. The summed E-state index contributed by atoms with van der Waals surface area (Å²) in [6.45, 7) is 5.40. The Labute approximate surface area is 134 Å². The van der Waals surface area contributed by atoms with Crippen LogP contribution in [0.1, 0.15) is 13.8 Å². The molecule has 8 heteroatoms. The fraction of sp³-hybridized carbons (Fsp3) is 0.500. The van der Waals surface area contributed by atoms with Crippen molar-refractivity contribution in [3.63, 3.8) is 0 Å². The largest absolute Gasteiger partial charge is 0.494 e. The van der Waals surface area contributed by atoms with Gasteiger partial charge in [-0.15, -0.1) is 0 Å². The molecule has 0 spiro atoms. The molecule has 0 unspecified atom stereocenters. The summed E-state index contributed by atoms with van der Waals surface area (Å²) in [4.78, 5) is 12.4. The van der Waals surface area contributed by atoms with Crippen molar-refractivity contribution >= 4 is 28.7 Å². The lowest BCUT2D eigenvalue weighted by molar-refractivity contribution is -0.384. The van der Waals surface area contributed by atoms with E-state index in [2.05, 4.69) is 5.32 Å². The molecule has 0 bridgehead atoms. The van der Waals surface area contributed by atoms with E-state index in [0.29, 0.717) is 29.6 Å². The van der Waals surface area contributed by atoms with Gasteiger partial charge in [0.05, 0.1) is 36.0 Å². The van der Waals surface area contributed by atoms with Crippen LogP contribution in [0.25, 0.3) is 0 Å². The Morgan fingerprint density at radius 3 is 2.64 bits per heavy atom. The number of hydrogen-bond donors (Lipinski definition) is 1. The number of hydrogen-bond acceptors (Lipinski definition) is 5. The minimum absolute atomic E-state index is 0.0260. The van der Waals surface area contributed by atoms with Crippen LogP contribution in [0.3, 0.4) is 0 Å². The van der Waals surface area contributed by atoms with E-state index in [0.717, 1.165) is 0 Å². The van der Waals surface area contributed by atoms with Crippen molar-refractivity contribution in [1.29, 1.82) is 0 Å². The van der Waals surface area contributed by atoms with Crippen LogP contribution in [0.15, 0.2) is 18.2 Å². The number of rotatable bonds is 3. The fourth-order valence-corrected chi connectivity index (χ4v) is 2.69. The van der Waals surface area contributed by atoms with Crippen molar-refractivity contribution in [3.05, 3.63) is 28.3 Å². The second-order valence-electron chi connectivity index (χ2n) is 5.23. The number of morpholine rings is 1. The molecule has 1 aliphatic heterocycles. The van der Waals surface area contributed by atoms with Gasteiger partial charge in [0.25, 0.3) is 5.69 Å². The minimum atomic E-state index is -0.462. The zero-order valence-electron chi connectivity index (χ0n) is 12.7. The zero-order valence-corrected chi connectivity index (χ0v) is 13.6. The summed E-state index contributed by atoms with van der Waals surface area (Å²) in [7, 11) is 1.46. The fourth-order valence-electron chi connectivity index (χ4n) is 2.43. The molecule has 1 N–H and O–H groups in total. The van der Waals surface area contributed by atoms with Crippen LogP contribution in [0.4, 0.5) is 11.4 Å². The van der Waals surface area contributed by atoms with Gasteiger partial charge in [-0.3, -0.25) is 10.1 Å². The number of ether oxygens (including phenoxy) is 2. The third-order valence-electron chi connectivity index (χ3n) is 3.34. The van der Waals surface area contributed by atoms with Gasteiger partial charge >= 0.3 is 0 Å². The van der Waals surface area contributed by atoms with Gasteiger partial charge in [-0.05, 0) is 32.1 Å². The van der Waals surface area contributed by atoms with Gasteiger partial charge in [-0.25, -0.2) is 0 Å². The van der Waals surface area contributed by atoms with E-state index in [9.17, 15) is 10.1 Å². The lowest BCUT2D eigenvalue weighted by Crippen LogP contribution is -2.49. The monoisotopic (exact) mass is 325 g/mol. The third-order valence-corrected chi connectivity index (χ3v) is 3.70. The molecular formula is C14H19N3O4S. The molecule has 22 heavy (non-hydrogen) atoms. The van der Waals surface area contributed by atoms with Gasteiger partial charge < -0.3 is 19.7 Å². The van der Waals surface area contributed by atoms with Crippen molar-refractivity contribution in [1.82, 2.24) is 4.90 Å². The minimum Gasteiger partial charge on any atom is -0.494 e. The number of nitro benzene ring substituents is 1. The van der Waals surface area contributed by atoms with Gasteiger partial charge in [0.2, 0.25) is 0 Å². The Morgan fingerprint density at radius 1 is 1.45 bits per heavy atom. The van der Waals surface area contributed by atoms with Crippen LogP contribution in [-0.2, 0) is 4.74 Å². The van der Waals surface area contributed by atoms with Gasteiger partial charge in [0.1, 0.15) is 5.75 Å². The van der Waals surface area contributed by atoms with Gasteiger partial charge in [0.15, 0.2) is 5.11 Å². The van der Waals surface area contributed by atoms with Crippen LogP contribution in [-0.4, -0.2) is 47.3 Å². The first kappa shape index (κ1) is 16.4. The molecule has 0 amide bonds. The predicted octanol–water partition coefficient (Wildman–Crippen LogP) is 2.41. The highest BCUT2D eigenvalue weighted by Crippen LogP contribution is 2.29. The summed E-state index contributed by atoms with van der Waals surface area (Å²) in [5, 5.41) is 14.4. The first-order chi connectivity index (χ1) is 10.4. The molecule has 1 aromatic rings. The molecule has 7 nitrogen and oxygen atoms in total. The highest BCUT2D eigenvalue weighted by Gasteiger charge is 2.24. The Hall–Kier alpha value is -1.93. The van der Waals surface area contributed by atoms with Gasteiger partial charge in [-0.2, -0.15) is 0 Å². The number of thiocarbonyl (C=S) groups is 1. The van der Waals surface area contributed by atoms with Crippen molar-refractivity contribution < 1.29 is 14.4 Å². The van der Waals surface area contributed by atoms with Crippen LogP contribution in [0, 0.1) is 10.1 Å². The van der Waals surface area contributed by atoms with E-state index >= 15 is 0 Å². The predicted molar refractivity (Wildman–Crippen MR) is 87.5 cm³/mol. The van der Waals surface area contributed by atoms with Gasteiger partial charge in [0, 0.05) is 19.2 Å². The van der Waals surface area contributed by atoms with Crippen molar-refractivity contribution in [2.24, 2.45) is 0 Å². The lowest BCUT2D eigenvalue weighted by Gasteiger charge is -2.37. The molecule has 1 saturated heterocycles. The molecule has 2 atom stereocenters. The maximum Gasteiger partial charge on any atom is 0.273 e. The Morgan fingerprint density at radius 2 is 2.09 bits per heavy atom. The van der Waals surface area contributed by atoms with Crippen LogP contribution >= 0.6 is 12.2 Å². The highest BCUT2D eigenvalue weighted by molar-refractivity contribution is 7.80. The summed E-state index contributed by atoms with van der Waals surface area (Å²) >= 11 is 5.42.